The van der Waals surface area contributed by atoms with Crippen molar-refractivity contribution in [2.75, 3.05) is 26.2 Å². The second-order valence-electron chi connectivity index (χ2n) is 6.03. The average Bonchev–Trinajstić information content (AvgIpc) is 2.39. The maximum absolute atomic E-state index is 3.64. The first-order valence-corrected chi connectivity index (χ1v) is 7.71. The van der Waals surface area contributed by atoms with Gasteiger partial charge in [0.05, 0.1) is 0 Å². The van der Waals surface area contributed by atoms with Crippen molar-refractivity contribution in [1.82, 2.24) is 10.2 Å². The molecule has 2 unspecified atom stereocenters. The molecule has 1 aromatic rings. The molecule has 19 heavy (non-hydrogen) atoms. The lowest BCUT2D eigenvalue weighted by molar-refractivity contribution is 0.167. The van der Waals surface area contributed by atoms with Gasteiger partial charge in [0, 0.05) is 19.1 Å². The largest absolute Gasteiger partial charge is 0.309 e. The molecule has 106 valence electrons. The van der Waals surface area contributed by atoms with E-state index in [0.717, 1.165) is 19.0 Å². The first kappa shape index (κ1) is 14.5. The van der Waals surface area contributed by atoms with Crippen LogP contribution in [0.3, 0.4) is 0 Å². The van der Waals surface area contributed by atoms with E-state index >= 15 is 0 Å². The van der Waals surface area contributed by atoms with Crippen molar-refractivity contribution >= 4 is 0 Å². The van der Waals surface area contributed by atoms with Crippen LogP contribution in [0, 0.1) is 12.8 Å². The molecule has 2 atom stereocenters. The minimum atomic E-state index is 0.468. The van der Waals surface area contributed by atoms with Crippen LogP contribution in [-0.2, 0) is 0 Å². The minimum Gasteiger partial charge on any atom is -0.309 e. The third kappa shape index (κ3) is 4.32. The van der Waals surface area contributed by atoms with Crippen molar-refractivity contribution in [2.45, 2.75) is 39.7 Å². The van der Waals surface area contributed by atoms with Gasteiger partial charge in [-0.25, -0.2) is 0 Å². The van der Waals surface area contributed by atoms with Gasteiger partial charge in [0.15, 0.2) is 0 Å². The highest BCUT2D eigenvalue weighted by atomic mass is 15.2. The first-order chi connectivity index (χ1) is 9.19. The fraction of sp³-hybridized carbons (Fsp3) is 0.647. The number of likely N-dealkylation sites (N-methyl/N-ethyl adjacent to an activating group) is 1. The van der Waals surface area contributed by atoms with Gasteiger partial charge < -0.3 is 10.2 Å². The number of likely N-dealkylation sites (tertiary alicyclic amines) is 1. The van der Waals surface area contributed by atoms with E-state index in [0.29, 0.717) is 6.04 Å². The molecule has 0 saturated carbocycles. The minimum absolute atomic E-state index is 0.468. The summed E-state index contributed by atoms with van der Waals surface area (Å²) in [4.78, 5) is 2.63. The van der Waals surface area contributed by atoms with E-state index in [2.05, 4.69) is 55.3 Å². The summed E-state index contributed by atoms with van der Waals surface area (Å²) in [6.45, 7) is 11.4. The Labute approximate surface area is 118 Å². The predicted molar refractivity (Wildman–Crippen MR) is 82.4 cm³/mol. The molecule has 2 heteroatoms. The summed E-state index contributed by atoms with van der Waals surface area (Å²) in [7, 11) is 0. The van der Waals surface area contributed by atoms with Crippen LogP contribution in [0.1, 0.15) is 43.9 Å². The van der Waals surface area contributed by atoms with Crippen molar-refractivity contribution in [3.8, 4) is 0 Å². The van der Waals surface area contributed by atoms with E-state index in [1.165, 1.54) is 37.1 Å². The number of nitrogens with one attached hydrogen (secondary N) is 1. The zero-order valence-corrected chi connectivity index (χ0v) is 12.7. The lowest BCUT2D eigenvalue weighted by Crippen LogP contribution is -2.40. The van der Waals surface area contributed by atoms with Gasteiger partial charge >= 0.3 is 0 Å². The molecule has 0 spiro atoms. The van der Waals surface area contributed by atoms with E-state index < -0.39 is 0 Å². The highest BCUT2D eigenvalue weighted by molar-refractivity contribution is 5.24. The summed E-state index contributed by atoms with van der Waals surface area (Å²) in [6.07, 6.45) is 2.75. The van der Waals surface area contributed by atoms with E-state index in [9.17, 15) is 0 Å². The summed E-state index contributed by atoms with van der Waals surface area (Å²) in [5, 5.41) is 3.64. The van der Waals surface area contributed by atoms with Gasteiger partial charge in [-0.05, 0) is 44.3 Å². The number of rotatable bonds is 5. The molecule has 1 aliphatic rings. The van der Waals surface area contributed by atoms with Crippen LogP contribution < -0.4 is 5.32 Å². The summed E-state index contributed by atoms with van der Waals surface area (Å²) in [5.41, 5.74) is 2.76. The Kier molecular flexibility index (Phi) is 5.41. The normalized spacial score (nSPS) is 22.4. The SMILES string of the molecule is CCNC(CN1CCCC(C)C1)c1ccc(C)cc1. The number of aryl methyl sites for hydroxylation is 1. The third-order valence-corrected chi connectivity index (χ3v) is 4.11. The topological polar surface area (TPSA) is 15.3 Å². The zero-order chi connectivity index (χ0) is 13.7. The number of piperidine rings is 1. The third-order valence-electron chi connectivity index (χ3n) is 4.11. The van der Waals surface area contributed by atoms with Gasteiger partial charge in [-0.2, -0.15) is 0 Å². The first-order valence-electron chi connectivity index (χ1n) is 7.71. The Morgan fingerprint density at radius 1 is 1.32 bits per heavy atom. The molecule has 0 amide bonds. The molecule has 1 fully saturated rings. The molecule has 1 heterocycles. The van der Waals surface area contributed by atoms with Gasteiger partial charge in [-0.1, -0.05) is 43.7 Å². The van der Waals surface area contributed by atoms with E-state index in [1.807, 2.05) is 0 Å². The molecule has 1 saturated heterocycles. The summed E-state index contributed by atoms with van der Waals surface area (Å²) in [6, 6.07) is 9.46. The van der Waals surface area contributed by atoms with E-state index in [4.69, 9.17) is 0 Å². The highest BCUT2D eigenvalue weighted by Gasteiger charge is 2.20. The lowest BCUT2D eigenvalue weighted by Gasteiger charge is -2.34. The number of nitrogens with zero attached hydrogens (tertiary/aromatic N) is 1. The van der Waals surface area contributed by atoms with Crippen LogP contribution in [0.2, 0.25) is 0 Å². The van der Waals surface area contributed by atoms with E-state index in [1.54, 1.807) is 0 Å². The van der Waals surface area contributed by atoms with Gasteiger partial charge in [-0.3, -0.25) is 0 Å². The molecular formula is C17H28N2. The summed E-state index contributed by atoms with van der Waals surface area (Å²) in [5.74, 6) is 0.856. The maximum atomic E-state index is 3.64. The molecule has 0 aliphatic carbocycles. The number of hydrogen-bond donors (Lipinski definition) is 1. The average molecular weight is 260 g/mol. The van der Waals surface area contributed by atoms with Gasteiger partial charge in [0.2, 0.25) is 0 Å². The van der Waals surface area contributed by atoms with Crippen LogP contribution >= 0.6 is 0 Å². The zero-order valence-electron chi connectivity index (χ0n) is 12.7. The van der Waals surface area contributed by atoms with Crippen molar-refractivity contribution in [2.24, 2.45) is 5.92 Å². The summed E-state index contributed by atoms with van der Waals surface area (Å²) >= 11 is 0. The molecule has 2 rings (SSSR count). The molecule has 0 radical (unpaired) electrons. The molecule has 1 N–H and O–H groups in total. The van der Waals surface area contributed by atoms with Gasteiger partial charge in [0.25, 0.3) is 0 Å². The predicted octanol–water partition coefficient (Wildman–Crippen LogP) is 3.38. The van der Waals surface area contributed by atoms with Crippen molar-refractivity contribution in [3.63, 3.8) is 0 Å². The Morgan fingerprint density at radius 2 is 2.05 bits per heavy atom. The molecular weight excluding hydrogens is 232 g/mol. The molecule has 1 aliphatic heterocycles. The van der Waals surface area contributed by atoms with Crippen LogP contribution in [0.5, 0.6) is 0 Å². The monoisotopic (exact) mass is 260 g/mol. The van der Waals surface area contributed by atoms with Crippen LogP contribution in [0.15, 0.2) is 24.3 Å². The van der Waals surface area contributed by atoms with Crippen molar-refractivity contribution in [3.05, 3.63) is 35.4 Å². The van der Waals surface area contributed by atoms with Crippen LogP contribution in [0.4, 0.5) is 0 Å². The quantitative estimate of drug-likeness (QED) is 0.873. The van der Waals surface area contributed by atoms with Gasteiger partial charge in [0.1, 0.15) is 0 Å². The highest BCUT2D eigenvalue weighted by Crippen LogP contribution is 2.20. The van der Waals surface area contributed by atoms with Crippen LogP contribution in [-0.4, -0.2) is 31.1 Å². The fourth-order valence-corrected chi connectivity index (χ4v) is 3.04. The molecule has 1 aromatic carbocycles. The van der Waals surface area contributed by atoms with Crippen LogP contribution in [0.25, 0.3) is 0 Å². The lowest BCUT2D eigenvalue weighted by atomic mass is 9.98. The Bertz CT molecular complexity index is 371. The Hall–Kier alpha value is -0.860. The molecule has 0 aromatic heterocycles. The smallest absolute Gasteiger partial charge is 0.0449 e. The number of benzene rings is 1. The summed E-state index contributed by atoms with van der Waals surface area (Å²) < 4.78 is 0. The second-order valence-corrected chi connectivity index (χ2v) is 6.03. The standard InChI is InChI=1S/C17H28N2/c1-4-18-17(16-9-7-14(2)8-10-16)13-19-11-5-6-15(3)12-19/h7-10,15,17-18H,4-6,11-13H2,1-3H3. The maximum Gasteiger partial charge on any atom is 0.0449 e. The Balaban J connectivity index is 2.01. The number of hydrogen-bond acceptors (Lipinski definition) is 2. The van der Waals surface area contributed by atoms with Crippen molar-refractivity contribution < 1.29 is 0 Å². The Morgan fingerprint density at radius 3 is 2.68 bits per heavy atom. The van der Waals surface area contributed by atoms with Gasteiger partial charge in [-0.15, -0.1) is 0 Å². The van der Waals surface area contributed by atoms with Crippen molar-refractivity contribution in [1.29, 1.82) is 0 Å². The fourth-order valence-electron chi connectivity index (χ4n) is 3.04. The van der Waals surface area contributed by atoms with E-state index in [-0.39, 0.29) is 0 Å². The second kappa shape index (κ2) is 7.06. The molecule has 0 bridgehead atoms. The molecule has 2 nitrogen and oxygen atoms in total.